The van der Waals surface area contributed by atoms with Gasteiger partial charge in [0.2, 0.25) is 5.91 Å². The first kappa shape index (κ1) is 13.4. The molecule has 18 heavy (non-hydrogen) atoms. The van der Waals surface area contributed by atoms with Crippen LogP contribution in [-0.4, -0.2) is 21.9 Å². The second-order valence-electron chi connectivity index (χ2n) is 3.39. The van der Waals surface area contributed by atoms with Gasteiger partial charge >= 0.3 is 5.97 Å². The van der Waals surface area contributed by atoms with Gasteiger partial charge in [0.25, 0.3) is 5.69 Å². The highest BCUT2D eigenvalue weighted by molar-refractivity contribution is 6.01. The van der Waals surface area contributed by atoms with Crippen LogP contribution in [0.1, 0.15) is 15.9 Å². The number of rotatable bonds is 4. The third-order valence-corrected chi connectivity index (χ3v) is 2.29. The molecular formula is C11H10N2O5. The van der Waals surface area contributed by atoms with Crippen LogP contribution in [0.3, 0.4) is 0 Å². The standard InChI is InChI=1S/C11H10N2O5/c1-3-9(14)12-8-5-4-7(11(15)16)6(2)10(8)13(17)18/h3-5H,1H2,2H3,(H,12,14)(H,15,16). The Kier molecular flexibility index (Phi) is 3.78. The van der Waals surface area contributed by atoms with Crippen molar-refractivity contribution in [2.24, 2.45) is 0 Å². The summed E-state index contributed by atoms with van der Waals surface area (Å²) in [5.74, 6) is -1.88. The highest BCUT2D eigenvalue weighted by atomic mass is 16.6. The minimum atomic E-state index is -1.27. The maximum atomic E-state index is 11.1. The highest BCUT2D eigenvalue weighted by Gasteiger charge is 2.23. The number of nitro benzene ring substituents is 1. The molecule has 0 saturated heterocycles. The van der Waals surface area contributed by atoms with E-state index < -0.39 is 22.5 Å². The highest BCUT2D eigenvalue weighted by Crippen LogP contribution is 2.30. The minimum Gasteiger partial charge on any atom is -0.478 e. The number of aromatic carboxylic acids is 1. The van der Waals surface area contributed by atoms with Crippen molar-refractivity contribution in [3.8, 4) is 0 Å². The summed E-state index contributed by atoms with van der Waals surface area (Å²) < 4.78 is 0. The average Bonchev–Trinajstić information content (AvgIpc) is 2.27. The molecule has 0 saturated carbocycles. The van der Waals surface area contributed by atoms with Crippen molar-refractivity contribution in [3.05, 3.63) is 46.0 Å². The Morgan fingerprint density at radius 2 is 2.11 bits per heavy atom. The van der Waals surface area contributed by atoms with E-state index in [4.69, 9.17) is 5.11 Å². The summed E-state index contributed by atoms with van der Waals surface area (Å²) in [6.07, 6.45) is 0.962. The molecule has 0 bridgehead atoms. The van der Waals surface area contributed by atoms with Gasteiger partial charge in [-0.1, -0.05) is 6.58 Å². The molecule has 7 nitrogen and oxygen atoms in total. The second kappa shape index (κ2) is 5.09. The summed E-state index contributed by atoms with van der Waals surface area (Å²) in [5.41, 5.74) is -0.704. The third-order valence-electron chi connectivity index (χ3n) is 2.29. The van der Waals surface area contributed by atoms with E-state index >= 15 is 0 Å². The van der Waals surface area contributed by atoms with Gasteiger partial charge in [-0.2, -0.15) is 0 Å². The first-order valence-corrected chi connectivity index (χ1v) is 4.83. The number of carbonyl (C=O) groups excluding carboxylic acids is 1. The zero-order chi connectivity index (χ0) is 13.9. The molecule has 0 radical (unpaired) electrons. The Labute approximate surface area is 102 Å². The van der Waals surface area contributed by atoms with Gasteiger partial charge in [-0.05, 0) is 25.1 Å². The molecule has 2 N–H and O–H groups in total. The molecule has 0 heterocycles. The lowest BCUT2D eigenvalue weighted by molar-refractivity contribution is -0.384. The smallest absolute Gasteiger partial charge is 0.336 e. The van der Waals surface area contributed by atoms with E-state index in [1.807, 2.05) is 0 Å². The minimum absolute atomic E-state index is 0.0191. The molecule has 0 aliphatic heterocycles. The second-order valence-corrected chi connectivity index (χ2v) is 3.39. The van der Waals surface area contributed by atoms with Crippen molar-refractivity contribution in [3.63, 3.8) is 0 Å². The molecule has 1 aromatic carbocycles. The normalized spacial score (nSPS) is 9.61. The fourth-order valence-electron chi connectivity index (χ4n) is 1.45. The van der Waals surface area contributed by atoms with Crippen LogP contribution in [0.5, 0.6) is 0 Å². The van der Waals surface area contributed by atoms with Gasteiger partial charge in [-0.15, -0.1) is 0 Å². The topological polar surface area (TPSA) is 110 Å². The van der Waals surface area contributed by atoms with Crippen LogP contribution in [0.2, 0.25) is 0 Å². The van der Waals surface area contributed by atoms with Crippen molar-refractivity contribution in [2.45, 2.75) is 6.92 Å². The van der Waals surface area contributed by atoms with Gasteiger partial charge in [0.1, 0.15) is 5.69 Å². The number of anilines is 1. The Morgan fingerprint density at radius 3 is 2.56 bits per heavy atom. The molecule has 7 heteroatoms. The molecule has 1 aromatic rings. The van der Waals surface area contributed by atoms with Crippen molar-refractivity contribution < 1.29 is 19.6 Å². The number of benzene rings is 1. The number of carboxylic acids is 1. The van der Waals surface area contributed by atoms with Crippen molar-refractivity contribution in [1.29, 1.82) is 0 Å². The molecule has 94 valence electrons. The lowest BCUT2D eigenvalue weighted by atomic mass is 10.1. The molecule has 1 rings (SSSR count). The lowest BCUT2D eigenvalue weighted by Gasteiger charge is -2.08. The van der Waals surface area contributed by atoms with Crippen LogP contribution in [0.25, 0.3) is 0 Å². The number of nitrogens with one attached hydrogen (secondary N) is 1. The zero-order valence-corrected chi connectivity index (χ0v) is 9.47. The van der Waals surface area contributed by atoms with E-state index in [-0.39, 0.29) is 16.8 Å². The van der Waals surface area contributed by atoms with E-state index in [1.54, 1.807) is 0 Å². The SMILES string of the molecule is C=CC(=O)Nc1ccc(C(=O)O)c(C)c1[N+](=O)[O-]. The van der Waals surface area contributed by atoms with Gasteiger partial charge in [0.05, 0.1) is 10.5 Å². The number of nitrogens with zero attached hydrogens (tertiary/aromatic N) is 1. The average molecular weight is 250 g/mol. The number of hydrogen-bond donors (Lipinski definition) is 2. The number of carbonyl (C=O) groups is 2. The van der Waals surface area contributed by atoms with Crippen LogP contribution in [0.4, 0.5) is 11.4 Å². The summed E-state index contributed by atoms with van der Waals surface area (Å²) in [7, 11) is 0. The number of hydrogen-bond acceptors (Lipinski definition) is 4. The summed E-state index contributed by atoms with van der Waals surface area (Å²) in [6.45, 7) is 4.53. The Bertz CT molecular complexity index is 551. The monoisotopic (exact) mass is 250 g/mol. The Balaban J connectivity index is 3.41. The van der Waals surface area contributed by atoms with Crippen molar-refractivity contribution >= 4 is 23.3 Å². The zero-order valence-electron chi connectivity index (χ0n) is 9.47. The summed E-state index contributed by atoms with van der Waals surface area (Å²) in [6, 6.07) is 2.37. The van der Waals surface area contributed by atoms with E-state index in [9.17, 15) is 19.7 Å². The van der Waals surface area contributed by atoms with E-state index in [1.165, 1.54) is 19.1 Å². The summed E-state index contributed by atoms with van der Waals surface area (Å²) >= 11 is 0. The molecule has 1 amide bonds. The fourth-order valence-corrected chi connectivity index (χ4v) is 1.45. The van der Waals surface area contributed by atoms with Gasteiger partial charge in [0, 0.05) is 5.56 Å². The fraction of sp³-hybridized carbons (Fsp3) is 0.0909. The number of amides is 1. The van der Waals surface area contributed by atoms with Gasteiger partial charge in [0.15, 0.2) is 0 Å². The Hall–Kier alpha value is -2.70. The largest absolute Gasteiger partial charge is 0.478 e. The van der Waals surface area contributed by atoms with Crippen molar-refractivity contribution in [2.75, 3.05) is 5.32 Å². The molecular weight excluding hydrogens is 240 g/mol. The number of carboxylic acid groups (broad SMARTS) is 1. The molecule has 0 aromatic heterocycles. The molecule has 0 fully saturated rings. The van der Waals surface area contributed by atoms with Crippen LogP contribution in [0.15, 0.2) is 24.8 Å². The maximum Gasteiger partial charge on any atom is 0.336 e. The molecule has 0 spiro atoms. The first-order valence-electron chi connectivity index (χ1n) is 4.83. The van der Waals surface area contributed by atoms with Crippen molar-refractivity contribution in [1.82, 2.24) is 0 Å². The summed E-state index contributed by atoms with van der Waals surface area (Å²) in [5, 5.41) is 22.0. The molecule has 0 aliphatic carbocycles. The summed E-state index contributed by atoms with van der Waals surface area (Å²) in [4.78, 5) is 32.2. The van der Waals surface area contributed by atoms with Crippen LogP contribution in [-0.2, 0) is 4.79 Å². The molecule has 0 unspecified atom stereocenters. The predicted molar refractivity (Wildman–Crippen MR) is 63.6 cm³/mol. The van der Waals surface area contributed by atoms with Gasteiger partial charge in [-0.25, -0.2) is 4.79 Å². The first-order chi connectivity index (χ1) is 8.38. The van der Waals surface area contributed by atoms with E-state index in [0.717, 1.165) is 6.08 Å². The Morgan fingerprint density at radius 1 is 1.50 bits per heavy atom. The predicted octanol–water partition coefficient (Wildman–Crippen LogP) is 1.73. The van der Waals surface area contributed by atoms with Gasteiger partial charge < -0.3 is 10.4 Å². The number of nitro groups is 1. The van der Waals surface area contributed by atoms with Crippen LogP contribution in [0, 0.1) is 17.0 Å². The van der Waals surface area contributed by atoms with Crippen LogP contribution >= 0.6 is 0 Å². The molecule has 0 aliphatic rings. The lowest BCUT2D eigenvalue weighted by Crippen LogP contribution is -2.11. The van der Waals surface area contributed by atoms with Crippen LogP contribution < -0.4 is 5.32 Å². The molecule has 0 atom stereocenters. The maximum absolute atomic E-state index is 11.1. The quantitative estimate of drug-likeness (QED) is 0.480. The van der Waals surface area contributed by atoms with E-state index in [2.05, 4.69) is 11.9 Å². The van der Waals surface area contributed by atoms with Gasteiger partial charge in [-0.3, -0.25) is 14.9 Å². The van der Waals surface area contributed by atoms with E-state index in [0.29, 0.717) is 0 Å². The third kappa shape index (κ3) is 2.51.